The van der Waals surface area contributed by atoms with E-state index >= 15 is 0 Å². The van der Waals surface area contributed by atoms with Crippen molar-refractivity contribution < 1.29 is 5.11 Å². The van der Waals surface area contributed by atoms with Crippen LogP contribution in [0.25, 0.3) is 0 Å². The Balaban J connectivity index is 1.92. The van der Waals surface area contributed by atoms with Crippen molar-refractivity contribution in [3.8, 4) is 0 Å². The average molecular weight is 219 g/mol. The standard InChI is InChI=1S/C14H21NO/c1-11(10-16)15-14(13-7-8-13)9-12-5-3-2-4-6-12/h2-6,11,13-16H,7-10H2,1H3/t11-,14?/m0/s1. The molecule has 2 nitrogen and oxygen atoms in total. The van der Waals surface area contributed by atoms with Gasteiger partial charge in [0.25, 0.3) is 0 Å². The number of aliphatic hydroxyl groups is 1. The summed E-state index contributed by atoms with van der Waals surface area (Å²) in [7, 11) is 0. The molecule has 0 aromatic heterocycles. The Hall–Kier alpha value is -0.860. The third kappa shape index (κ3) is 3.32. The lowest BCUT2D eigenvalue weighted by atomic mass is 10.0. The van der Waals surface area contributed by atoms with E-state index in [1.165, 1.54) is 18.4 Å². The van der Waals surface area contributed by atoms with E-state index in [1.54, 1.807) is 0 Å². The smallest absolute Gasteiger partial charge is 0.0582 e. The highest BCUT2D eigenvalue weighted by atomic mass is 16.3. The molecule has 88 valence electrons. The highest BCUT2D eigenvalue weighted by molar-refractivity contribution is 5.16. The van der Waals surface area contributed by atoms with Crippen molar-refractivity contribution in [3.05, 3.63) is 35.9 Å². The van der Waals surface area contributed by atoms with Gasteiger partial charge in [0.15, 0.2) is 0 Å². The van der Waals surface area contributed by atoms with Crippen LogP contribution >= 0.6 is 0 Å². The molecule has 0 bridgehead atoms. The third-order valence-corrected chi connectivity index (χ3v) is 3.26. The molecule has 1 fully saturated rings. The fraction of sp³-hybridized carbons (Fsp3) is 0.571. The summed E-state index contributed by atoms with van der Waals surface area (Å²) in [6.07, 6.45) is 3.75. The van der Waals surface area contributed by atoms with Crippen LogP contribution in [0.3, 0.4) is 0 Å². The lowest BCUT2D eigenvalue weighted by Crippen LogP contribution is -2.41. The molecule has 2 N–H and O–H groups in total. The van der Waals surface area contributed by atoms with Gasteiger partial charge in [-0.3, -0.25) is 0 Å². The maximum Gasteiger partial charge on any atom is 0.0582 e. The third-order valence-electron chi connectivity index (χ3n) is 3.26. The summed E-state index contributed by atoms with van der Waals surface area (Å²) in [4.78, 5) is 0. The Labute approximate surface area is 97.7 Å². The predicted molar refractivity (Wildman–Crippen MR) is 66.3 cm³/mol. The Morgan fingerprint density at radius 2 is 2.00 bits per heavy atom. The van der Waals surface area contributed by atoms with Gasteiger partial charge < -0.3 is 10.4 Å². The van der Waals surface area contributed by atoms with Crippen molar-refractivity contribution in [2.45, 2.75) is 38.3 Å². The van der Waals surface area contributed by atoms with Gasteiger partial charge in [-0.05, 0) is 37.7 Å². The molecule has 1 aromatic carbocycles. The van der Waals surface area contributed by atoms with Gasteiger partial charge in [-0.15, -0.1) is 0 Å². The minimum atomic E-state index is 0.203. The van der Waals surface area contributed by atoms with Gasteiger partial charge in [-0.1, -0.05) is 30.3 Å². The van der Waals surface area contributed by atoms with Crippen LogP contribution in [0.2, 0.25) is 0 Å². The molecule has 0 saturated heterocycles. The molecule has 0 heterocycles. The van der Waals surface area contributed by atoms with Crippen molar-refractivity contribution in [2.24, 2.45) is 5.92 Å². The molecule has 1 aliphatic rings. The fourth-order valence-corrected chi connectivity index (χ4v) is 2.15. The van der Waals surface area contributed by atoms with Gasteiger partial charge in [0, 0.05) is 12.1 Å². The summed E-state index contributed by atoms with van der Waals surface area (Å²) in [6, 6.07) is 11.3. The number of nitrogens with one attached hydrogen (secondary N) is 1. The van der Waals surface area contributed by atoms with E-state index in [-0.39, 0.29) is 12.6 Å². The molecule has 0 radical (unpaired) electrons. The number of benzene rings is 1. The van der Waals surface area contributed by atoms with Gasteiger partial charge in [-0.2, -0.15) is 0 Å². The normalized spacial score (nSPS) is 19.4. The zero-order chi connectivity index (χ0) is 11.4. The summed E-state index contributed by atoms with van der Waals surface area (Å²) in [6.45, 7) is 2.26. The van der Waals surface area contributed by atoms with Crippen molar-refractivity contribution in [2.75, 3.05) is 6.61 Å². The molecule has 2 atom stereocenters. The molecule has 1 saturated carbocycles. The highest BCUT2D eigenvalue weighted by Gasteiger charge is 2.31. The summed E-state index contributed by atoms with van der Waals surface area (Å²) < 4.78 is 0. The fourth-order valence-electron chi connectivity index (χ4n) is 2.15. The zero-order valence-electron chi connectivity index (χ0n) is 9.89. The van der Waals surface area contributed by atoms with Gasteiger partial charge >= 0.3 is 0 Å². The minimum Gasteiger partial charge on any atom is -0.395 e. The number of hydrogen-bond acceptors (Lipinski definition) is 2. The van der Waals surface area contributed by atoms with Crippen LogP contribution in [0.4, 0.5) is 0 Å². The first-order valence-electron chi connectivity index (χ1n) is 6.20. The highest BCUT2D eigenvalue weighted by Crippen LogP contribution is 2.34. The first-order valence-corrected chi connectivity index (χ1v) is 6.20. The van der Waals surface area contributed by atoms with Crippen molar-refractivity contribution >= 4 is 0 Å². The molecule has 0 spiro atoms. The van der Waals surface area contributed by atoms with E-state index in [4.69, 9.17) is 5.11 Å². The van der Waals surface area contributed by atoms with Gasteiger partial charge in [0.2, 0.25) is 0 Å². The topological polar surface area (TPSA) is 32.3 Å². The van der Waals surface area contributed by atoms with E-state index < -0.39 is 0 Å². The van der Waals surface area contributed by atoms with E-state index in [9.17, 15) is 0 Å². The molecule has 16 heavy (non-hydrogen) atoms. The second-order valence-corrected chi connectivity index (χ2v) is 4.88. The van der Waals surface area contributed by atoms with Crippen molar-refractivity contribution in [1.82, 2.24) is 5.32 Å². The number of rotatable bonds is 6. The molecule has 1 aliphatic carbocycles. The van der Waals surface area contributed by atoms with Crippen LogP contribution in [-0.2, 0) is 6.42 Å². The van der Waals surface area contributed by atoms with Crippen LogP contribution < -0.4 is 5.32 Å². The van der Waals surface area contributed by atoms with E-state index in [2.05, 4.69) is 35.6 Å². The molecular formula is C14H21NO. The van der Waals surface area contributed by atoms with Crippen LogP contribution in [-0.4, -0.2) is 23.8 Å². The quantitative estimate of drug-likeness (QED) is 0.767. The molecule has 2 rings (SSSR count). The summed E-state index contributed by atoms with van der Waals surface area (Å²) in [5.74, 6) is 0.814. The first kappa shape index (κ1) is 11.6. The SMILES string of the molecule is C[C@@H](CO)NC(Cc1ccccc1)C1CC1. The lowest BCUT2D eigenvalue weighted by molar-refractivity contribution is 0.235. The molecular weight excluding hydrogens is 198 g/mol. The van der Waals surface area contributed by atoms with E-state index in [0.29, 0.717) is 6.04 Å². The van der Waals surface area contributed by atoms with Crippen LogP contribution in [0.5, 0.6) is 0 Å². The predicted octanol–water partition coefficient (Wildman–Crippen LogP) is 1.98. The Bertz CT molecular complexity index is 308. The number of hydrogen-bond donors (Lipinski definition) is 2. The molecule has 1 unspecified atom stereocenters. The maximum absolute atomic E-state index is 9.09. The van der Waals surface area contributed by atoms with Gasteiger partial charge in [0.05, 0.1) is 6.61 Å². The van der Waals surface area contributed by atoms with Crippen molar-refractivity contribution in [3.63, 3.8) is 0 Å². The molecule has 0 aliphatic heterocycles. The summed E-state index contributed by atoms with van der Waals surface area (Å²) in [5, 5.41) is 12.6. The van der Waals surface area contributed by atoms with Crippen LogP contribution in [0.15, 0.2) is 30.3 Å². The second kappa shape index (κ2) is 5.46. The Morgan fingerprint density at radius 3 is 2.56 bits per heavy atom. The monoisotopic (exact) mass is 219 g/mol. The lowest BCUT2D eigenvalue weighted by Gasteiger charge is -2.22. The second-order valence-electron chi connectivity index (χ2n) is 4.88. The van der Waals surface area contributed by atoms with E-state index in [0.717, 1.165) is 12.3 Å². The summed E-state index contributed by atoms with van der Waals surface area (Å²) >= 11 is 0. The van der Waals surface area contributed by atoms with Crippen LogP contribution in [0, 0.1) is 5.92 Å². The van der Waals surface area contributed by atoms with E-state index in [1.807, 2.05) is 6.92 Å². The molecule has 2 heteroatoms. The largest absolute Gasteiger partial charge is 0.395 e. The first-order chi connectivity index (χ1) is 7.79. The van der Waals surface area contributed by atoms with Crippen LogP contribution in [0.1, 0.15) is 25.3 Å². The minimum absolute atomic E-state index is 0.203. The molecule has 0 amide bonds. The maximum atomic E-state index is 9.09. The van der Waals surface area contributed by atoms with Gasteiger partial charge in [0.1, 0.15) is 0 Å². The van der Waals surface area contributed by atoms with Gasteiger partial charge in [-0.25, -0.2) is 0 Å². The van der Waals surface area contributed by atoms with Crippen molar-refractivity contribution in [1.29, 1.82) is 0 Å². The zero-order valence-corrected chi connectivity index (χ0v) is 9.89. The summed E-state index contributed by atoms with van der Waals surface area (Å²) in [5.41, 5.74) is 1.39. The Morgan fingerprint density at radius 1 is 1.31 bits per heavy atom. The number of aliphatic hydroxyl groups excluding tert-OH is 1. The average Bonchev–Trinajstić information content (AvgIpc) is 3.13. The Kier molecular flexibility index (Phi) is 3.97. The molecule has 1 aromatic rings.